The van der Waals surface area contributed by atoms with Crippen LogP contribution < -0.4 is 0 Å². The summed E-state index contributed by atoms with van der Waals surface area (Å²) in [5.41, 5.74) is 10.9. The Morgan fingerprint density at radius 2 is 0.720 bits per heavy atom. The molecular weight excluding hydrogens is 609 g/mol. The smallest absolute Gasteiger partial charge is 0.136 e. The monoisotopic (exact) mass is 636 g/mol. The fourth-order valence-corrected chi connectivity index (χ4v) is 8.35. The fourth-order valence-electron chi connectivity index (χ4n) is 8.35. The molecule has 0 radical (unpaired) electrons. The van der Waals surface area contributed by atoms with Gasteiger partial charge in [-0.1, -0.05) is 140 Å². The van der Waals surface area contributed by atoms with E-state index in [2.05, 4.69) is 146 Å². The largest absolute Gasteiger partial charge is 0.456 e. The van der Waals surface area contributed by atoms with Crippen LogP contribution in [0.1, 0.15) is 0 Å². The number of para-hydroxylation sites is 1. The predicted molar refractivity (Wildman–Crippen MR) is 210 cm³/mol. The summed E-state index contributed by atoms with van der Waals surface area (Å²) in [7, 11) is 0. The van der Waals surface area contributed by atoms with E-state index in [9.17, 15) is 0 Å². The fraction of sp³-hybridized carbons (Fsp3) is 0. The van der Waals surface area contributed by atoms with Gasteiger partial charge < -0.3 is 8.83 Å². The zero-order valence-corrected chi connectivity index (χ0v) is 27.0. The van der Waals surface area contributed by atoms with Crippen LogP contribution in [-0.4, -0.2) is 0 Å². The Labute approximate surface area is 287 Å². The van der Waals surface area contributed by atoms with Crippen LogP contribution in [-0.2, 0) is 0 Å². The lowest BCUT2D eigenvalue weighted by Gasteiger charge is -2.19. The normalized spacial score (nSPS) is 12.0. The summed E-state index contributed by atoms with van der Waals surface area (Å²) in [6.07, 6.45) is 0. The van der Waals surface area contributed by atoms with Crippen LogP contribution in [0.3, 0.4) is 0 Å². The molecule has 11 aromatic rings. The molecule has 0 aliphatic rings. The topological polar surface area (TPSA) is 26.3 Å². The highest BCUT2D eigenvalue weighted by atomic mass is 16.3. The molecule has 0 atom stereocenters. The highest BCUT2D eigenvalue weighted by molar-refractivity contribution is 6.27. The summed E-state index contributed by atoms with van der Waals surface area (Å²) < 4.78 is 12.7. The van der Waals surface area contributed by atoms with Crippen molar-refractivity contribution < 1.29 is 8.83 Å². The van der Waals surface area contributed by atoms with Crippen molar-refractivity contribution >= 4 is 76.2 Å². The van der Waals surface area contributed by atoms with Gasteiger partial charge >= 0.3 is 0 Å². The second-order valence-electron chi connectivity index (χ2n) is 13.1. The number of hydrogen-bond acceptors (Lipinski definition) is 2. The first kappa shape index (κ1) is 27.3. The van der Waals surface area contributed by atoms with Gasteiger partial charge in [0.2, 0.25) is 0 Å². The third-order valence-electron chi connectivity index (χ3n) is 10.5. The van der Waals surface area contributed by atoms with Crippen molar-refractivity contribution in [2.45, 2.75) is 0 Å². The lowest BCUT2D eigenvalue weighted by atomic mass is 9.84. The Morgan fingerprint density at radius 1 is 0.260 bits per heavy atom. The minimum atomic E-state index is 0.870. The molecule has 0 amide bonds. The quantitative estimate of drug-likeness (QED) is 0.180. The third-order valence-corrected chi connectivity index (χ3v) is 10.5. The van der Waals surface area contributed by atoms with E-state index in [4.69, 9.17) is 8.83 Å². The van der Waals surface area contributed by atoms with Crippen molar-refractivity contribution in [3.8, 4) is 33.4 Å². The summed E-state index contributed by atoms with van der Waals surface area (Å²) in [6.45, 7) is 0. The second-order valence-corrected chi connectivity index (χ2v) is 13.1. The Hall–Kier alpha value is -6.64. The molecule has 2 heterocycles. The van der Waals surface area contributed by atoms with Crippen LogP contribution in [0, 0.1) is 0 Å². The molecule has 0 bridgehead atoms. The van der Waals surface area contributed by atoms with Gasteiger partial charge in [-0.25, -0.2) is 0 Å². The van der Waals surface area contributed by atoms with Crippen LogP contribution in [0.15, 0.2) is 179 Å². The molecule has 232 valence electrons. The van der Waals surface area contributed by atoms with Gasteiger partial charge in [-0.3, -0.25) is 0 Å². The molecule has 50 heavy (non-hydrogen) atoms. The van der Waals surface area contributed by atoms with E-state index < -0.39 is 0 Å². The summed E-state index contributed by atoms with van der Waals surface area (Å²) in [4.78, 5) is 0. The summed E-state index contributed by atoms with van der Waals surface area (Å²) >= 11 is 0. The number of rotatable bonds is 3. The second kappa shape index (κ2) is 10.4. The molecule has 0 unspecified atom stereocenters. The van der Waals surface area contributed by atoms with Gasteiger partial charge in [0, 0.05) is 21.5 Å². The lowest BCUT2D eigenvalue weighted by molar-refractivity contribution is 0.663. The van der Waals surface area contributed by atoms with Crippen LogP contribution >= 0.6 is 0 Å². The molecule has 0 N–H and O–H groups in total. The highest BCUT2D eigenvalue weighted by Gasteiger charge is 2.20. The number of furan rings is 2. The summed E-state index contributed by atoms with van der Waals surface area (Å²) in [5.74, 6) is 0. The maximum Gasteiger partial charge on any atom is 0.136 e. The van der Waals surface area contributed by atoms with Crippen molar-refractivity contribution in [3.05, 3.63) is 170 Å². The lowest BCUT2D eigenvalue weighted by Crippen LogP contribution is -1.92. The molecular formula is C48H28O2. The molecule has 11 rings (SSSR count). The van der Waals surface area contributed by atoms with Gasteiger partial charge in [-0.15, -0.1) is 0 Å². The van der Waals surface area contributed by atoms with Crippen molar-refractivity contribution in [2.24, 2.45) is 0 Å². The standard InChI is InChI=1S/C48H28O2/c1-2-12-29(13-3-1)45-34-16-6-8-18-36(34)46(37-19-9-7-17-35(37)45)38-24-23-31(32-14-4-5-15-33(32)38)30-22-25-42-40(28-30)48-44(50-42)27-26-43-47(48)39-20-10-11-21-41(39)49-43/h1-28H. The maximum atomic E-state index is 6.42. The van der Waals surface area contributed by atoms with Crippen molar-refractivity contribution in [1.82, 2.24) is 0 Å². The van der Waals surface area contributed by atoms with Gasteiger partial charge in [0.05, 0.1) is 0 Å². The van der Waals surface area contributed by atoms with Gasteiger partial charge in [0.1, 0.15) is 22.3 Å². The Morgan fingerprint density at radius 3 is 1.38 bits per heavy atom. The summed E-state index contributed by atoms with van der Waals surface area (Å²) in [5, 5.41) is 11.9. The first-order chi connectivity index (χ1) is 24.8. The van der Waals surface area contributed by atoms with E-state index in [1.165, 1.54) is 60.1 Å². The first-order valence-corrected chi connectivity index (χ1v) is 17.1. The zero-order chi connectivity index (χ0) is 32.8. The summed E-state index contributed by atoms with van der Waals surface area (Å²) in [6, 6.07) is 60.9. The van der Waals surface area contributed by atoms with Crippen molar-refractivity contribution in [2.75, 3.05) is 0 Å². The van der Waals surface area contributed by atoms with Crippen molar-refractivity contribution in [3.63, 3.8) is 0 Å². The van der Waals surface area contributed by atoms with E-state index in [-0.39, 0.29) is 0 Å². The molecule has 0 aliphatic carbocycles. The molecule has 2 aromatic heterocycles. The molecule has 0 fully saturated rings. The Balaban J connectivity index is 1.18. The average Bonchev–Trinajstić information content (AvgIpc) is 3.75. The SMILES string of the molecule is c1ccc(-c2c3ccccc3c(-c3ccc(-c4ccc5oc6ccc7oc8ccccc8c7c6c5c4)c4ccccc34)c3ccccc23)cc1. The third kappa shape index (κ3) is 3.85. The Kier molecular flexibility index (Phi) is 5.70. The van der Waals surface area contributed by atoms with Crippen LogP contribution in [0.4, 0.5) is 0 Å². The van der Waals surface area contributed by atoms with Gasteiger partial charge in [-0.2, -0.15) is 0 Å². The van der Waals surface area contributed by atoms with Crippen LogP contribution in [0.5, 0.6) is 0 Å². The maximum absolute atomic E-state index is 6.42. The molecule has 2 heteroatoms. The zero-order valence-electron chi connectivity index (χ0n) is 27.0. The predicted octanol–water partition coefficient (Wildman–Crippen LogP) is 13.9. The molecule has 0 saturated heterocycles. The van der Waals surface area contributed by atoms with E-state index in [1.807, 2.05) is 24.3 Å². The van der Waals surface area contributed by atoms with E-state index in [0.29, 0.717) is 0 Å². The van der Waals surface area contributed by atoms with E-state index >= 15 is 0 Å². The molecule has 9 aromatic carbocycles. The van der Waals surface area contributed by atoms with Gasteiger partial charge in [0.25, 0.3) is 0 Å². The average molecular weight is 637 g/mol. The number of hydrogen-bond donors (Lipinski definition) is 0. The Bertz CT molecular complexity index is 3080. The number of benzene rings is 9. The number of fused-ring (bicyclic) bond motifs is 10. The van der Waals surface area contributed by atoms with Gasteiger partial charge in [0.15, 0.2) is 0 Å². The molecule has 0 saturated carbocycles. The van der Waals surface area contributed by atoms with Gasteiger partial charge in [-0.05, 0) is 96.0 Å². The van der Waals surface area contributed by atoms with Crippen LogP contribution in [0.2, 0.25) is 0 Å². The first-order valence-electron chi connectivity index (χ1n) is 17.1. The minimum Gasteiger partial charge on any atom is -0.456 e. The van der Waals surface area contributed by atoms with E-state index in [1.54, 1.807) is 0 Å². The molecule has 0 spiro atoms. The molecule has 0 aliphatic heterocycles. The van der Waals surface area contributed by atoms with E-state index in [0.717, 1.165) is 49.4 Å². The van der Waals surface area contributed by atoms with Crippen molar-refractivity contribution in [1.29, 1.82) is 0 Å². The van der Waals surface area contributed by atoms with Crippen LogP contribution in [0.25, 0.3) is 110 Å². The minimum absolute atomic E-state index is 0.870. The molecule has 2 nitrogen and oxygen atoms in total. The highest BCUT2D eigenvalue weighted by Crippen LogP contribution is 2.47.